The van der Waals surface area contributed by atoms with Crippen LogP contribution in [0.1, 0.15) is 44.3 Å². The van der Waals surface area contributed by atoms with Crippen LogP contribution in [0, 0.1) is 13.8 Å². The van der Waals surface area contributed by atoms with E-state index in [0.717, 1.165) is 0 Å². The number of aromatic carboxylic acids is 1. The summed E-state index contributed by atoms with van der Waals surface area (Å²) in [5.74, 6) is -1.96. The van der Waals surface area contributed by atoms with E-state index in [1.54, 1.807) is 20.8 Å². The minimum absolute atomic E-state index is 0.0383. The molecule has 0 bridgehead atoms. The third-order valence-electron chi connectivity index (χ3n) is 4.57. The molecule has 1 aliphatic rings. The lowest BCUT2D eigenvalue weighted by Crippen LogP contribution is -2.19. The van der Waals surface area contributed by atoms with Gasteiger partial charge in [0.1, 0.15) is 28.4 Å². The Morgan fingerprint density at radius 2 is 1.89 bits per heavy atom. The van der Waals surface area contributed by atoms with Crippen molar-refractivity contribution >= 4 is 11.9 Å². The van der Waals surface area contributed by atoms with Crippen molar-refractivity contribution in [3.8, 4) is 28.7 Å². The van der Waals surface area contributed by atoms with Gasteiger partial charge in [-0.25, -0.2) is 9.59 Å². The number of rotatable bonds is 4. The maximum absolute atomic E-state index is 12.9. The lowest BCUT2D eigenvalue weighted by atomic mass is 9.97. The van der Waals surface area contributed by atoms with E-state index in [-0.39, 0.29) is 52.3 Å². The molecule has 0 saturated carbocycles. The predicted octanol–water partition coefficient (Wildman–Crippen LogP) is 2.93. The summed E-state index contributed by atoms with van der Waals surface area (Å²) in [5.41, 5.74) is 6.92. The molecular weight excluding hydrogens is 366 g/mol. The second-order valence-corrected chi connectivity index (χ2v) is 6.78. The molecule has 8 heteroatoms. The number of esters is 1. The van der Waals surface area contributed by atoms with E-state index in [1.807, 2.05) is 0 Å². The topological polar surface area (TPSA) is 128 Å². The van der Waals surface area contributed by atoms with Crippen LogP contribution in [0.15, 0.2) is 12.1 Å². The maximum atomic E-state index is 12.9. The van der Waals surface area contributed by atoms with Crippen LogP contribution in [0.2, 0.25) is 0 Å². The first-order valence-corrected chi connectivity index (χ1v) is 8.61. The van der Waals surface area contributed by atoms with Crippen molar-refractivity contribution in [3.05, 3.63) is 39.9 Å². The van der Waals surface area contributed by atoms with Crippen molar-refractivity contribution in [2.75, 3.05) is 7.11 Å². The molecule has 2 aromatic rings. The molecular formula is C20H21NO7. The van der Waals surface area contributed by atoms with Crippen molar-refractivity contribution in [2.24, 2.45) is 5.73 Å². The number of phenols is 1. The Morgan fingerprint density at radius 3 is 2.46 bits per heavy atom. The molecule has 0 fully saturated rings. The minimum Gasteiger partial charge on any atom is -0.508 e. The number of carbonyl (C=O) groups excluding carboxylic acids is 1. The Balaban J connectivity index is 2.35. The first-order chi connectivity index (χ1) is 13.1. The lowest BCUT2D eigenvalue weighted by Gasteiger charge is -2.18. The fourth-order valence-corrected chi connectivity index (χ4v) is 3.25. The van der Waals surface area contributed by atoms with Crippen LogP contribution in [0.4, 0.5) is 0 Å². The van der Waals surface area contributed by atoms with Crippen molar-refractivity contribution < 1.29 is 34.0 Å². The van der Waals surface area contributed by atoms with Crippen LogP contribution in [-0.4, -0.2) is 35.3 Å². The van der Waals surface area contributed by atoms with Crippen molar-refractivity contribution in [1.82, 2.24) is 0 Å². The summed E-state index contributed by atoms with van der Waals surface area (Å²) in [7, 11) is 1.39. The summed E-state index contributed by atoms with van der Waals surface area (Å²) in [6, 6.07) is 2.40. The van der Waals surface area contributed by atoms with Gasteiger partial charge in [0.2, 0.25) is 0 Å². The van der Waals surface area contributed by atoms with Crippen molar-refractivity contribution in [2.45, 2.75) is 33.2 Å². The van der Waals surface area contributed by atoms with Gasteiger partial charge < -0.3 is 30.2 Å². The highest BCUT2D eigenvalue weighted by molar-refractivity contribution is 6.00. The third kappa shape index (κ3) is 3.11. The third-order valence-corrected chi connectivity index (χ3v) is 4.57. The number of benzene rings is 2. The Bertz CT molecular complexity index is 995. The van der Waals surface area contributed by atoms with Gasteiger partial charge in [-0.05, 0) is 44.9 Å². The molecule has 0 aromatic heterocycles. The van der Waals surface area contributed by atoms with Gasteiger partial charge >= 0.3 is 11.9 Å². The molecule has 28 heavy (non-hydrogen) atoms. The Labute approximate surface area is 161 Å². The first-order valence-electron chi connectivity index (χ1n) is 8.61. The average molecular weight is 387 g/mol. The second-order valence-electron chi connectivity index (χ2n) is 6.78. The van der Waals surface area contributed by atoms with E-state index in [1.165, 1.54) is 19.2 Å². The number of ether oxygens (including phenoxy) is 3. The van der Waals surface area contributed by atoms with E-state index >= 15 is 0 Å². The molecule has 4 N–H and O–H groups in total. The molecule has 0 radical (unpaired) electrons. The zero-order chi connectivity index (χ0) is 20.7. The molecule has 0 amide bonds. The molecule has 0 saturated heterocycles. The summed E-state index contributed by atoms with van der Waals surface area (Å²) in [6.45, 7) is 5.00. The normalized spacial score (nSPS) is 13.5. The average Bonchev–Trinajstić information content (AvgIpc) is 2.75. The van der Waals surface area contributed by atoms with Crippen LogP contribution in [0.3, 0.4) is 0 Å². The van der Waals surface area contributed by atoms with Crippen molar-refractivity contribution in [3.63, 3.8) is 0 Å². The van der Waals surface area contributed by atoms with E-state index in [0.29, 0.717) is 16.7 Å². The summed E-state index contributed by atoms with van der Waals surface area (Å²) in [4.78, 5) is 24.7. The number of aryl methyl sites for hydroxylation is 1. The number of aromatic hydroxyl groups is 1. The molecule has 1 aliphatic heterocycles. The van der Waals surface area contributed by atoms with Gasteiger partial charge in [-0.1, -0.05) is 0 Å². The Hall–Kier alpha value is -3.26. The molecule has 0 spiro atoms. The molecule has 1 heterocycles. The van der Waals surface area contributed by atoms with Gasteiger partial charge in [0.25, 0.3) is 0 Å². The monoisotopic (exact) mass is 387 g/mol. The number of fused-ring (bicyclic) bond motifs is 2. The smallest absolute Gasteiger partial charge is 0.347 e. The molecule has 2 aromatic carbocycles. The number of phenolic OH excluding ortho intramolecular Hbond substituents is 1. The minimum atomic E-state index is -1.28. The molecule has 1 atom stereocenters. The van der Waals surface area contributed by atoms with E-state index < -0.39 is 11.9 Å². The van der Waals surface area contributed by atoms with Crippen LogP contribution < -0.4 is 19.9 Å². The second kappa shape index (κ2) is 7.05. The van der Waals surface area contributed by atoms with E-state index in [2.05, 4.69) is 0 Å². The highest BCUT2D eigenvalue weighted by Gasteiger charge is 2.34. The highest BCUT2D eigenvalue weighted by atomic mass is 16.6. The summed E-state index contributed by atoms with van der Waals surface area (Å²) >= 11 is 0. The van der Waals surface area contributed by atoms with Gasteiger partial charge in [-0.2, -0.15) is 0 Å². The number of carboxylic acids is 1. The highest BCUT2D eigenvalue weighted by Crippen LogP contribution is 2.48. The van der Waals surface area contributed by atoms with Gasteiger partial charge in [-0.15, -0.1) is 0 Å². The fourth-order valence-electron chi connectivity index (χ4n) is 3.25. The van der Waals surface area contributed by atoms with Crippen LogP contribution in [0.25, 0.3) is 0 Å². The number of nitrogens with two attached hydrogens (primary N) is 1. The number of methoxy groups -OCH3 is 1. The summed E-state index contributed by atoms with van der Waals surface area (Å²) < 4.78 is 16.7. The number of carboxylic acid groups (broad SMARTS) is 1. The number of carbonyl (C=O) groups is 2. The molecule has 0 aliphatic carbocycles. The molecule has 3 rings (SSSR count). The van der Waals surface area contributed by atoms with Crippen molar-refractivity contribution in [1.29, 1.82) is 0 Å². The summed E-state index contributed by atoms with van der Waals surface area (Å²) in [6.07, 6.45) is 0.217. The zero-order valence-electron chi connectivity index (χ0n) is 16.0. The maximum Gasteiger partial charge on any atom is 0.347 e. The standard InChI is InChI=1S/C20H21NO7/c1-8-5-13(22)11(6-9(2)21)17-15(8)20(25)28-16-10(3)14(26-4)7-12(19(23)24)18(16)27-17/h5,7,9,22H,6,21H2,1-4H3,(H,23,24). The zero-order valence-corrected chi connectivity index (χ0v) is 16.0. The Kier molecular flexibility index (Phi) is 4.91. The van der Waals surface area contributed by atoms with Gasteiger partial charge in [0.15, 0.2) is 11.5 Å². The quantitative estimate of drug-likeness (QED) is 0.540. The molecule has 8 nitrogen and oxygen atoms in total. The number of hydrogen-bond acceptors (Lipinski definition) is 7. The fraction of sp³-hybridized carbons (Fsp3) is 0.300. The van der Waals surface area contributed by atoms with Crippen LogP contribution in [-0.2, 0) is 6.42 Å². The predicted molar refractivity (Wildman–Crippen MR) is 99.9 cm³/mol. The largest absolute Gasteiger partial charge is 0.508 e. The molecule has 148 valence electrons. The first kappa shape index (κ1) is 19.5. The van der Waals surface area contributed by atoms with E-state index in [4.69, 9.17) is 19.9 Å². The lowest BCUT2D eigenvalue weighted by molar-refractivity contribution is 0.0685. The van der Waals surface area contributed by atoms with Gasteiger partial charge in [0, 0.05) is 17.2 Å². The van der Waals surface area contributed by atoms with Crippen LogP contribution >= 0.6 is 0 Å². The van der Waals surface area contributed by atoms with E-state index in [9.17, 15) is 19.8 Å². The SMILES string of the molecule is COc1cc(C(=O)O)c2c(c1C)OC(=O)c1c(C)cc(O)c(CC(C)N)c1O2. The number of hydrogen-bond donors (Lipinski definition) is 3. The summed E-state index contributed by atoms with van der Waals surface area (Å²) in [5, 5.41) is 20.0. The van der Waals surface area contributed by atoms with Crippen LogP contribution in [0.5, 0.6) is 28.7 Å². The van der Waals surface area contributed by atoms with Gasteiger partial charge in [0.05, 0.1) is 7.11 Å². The Morgan fingerprint density at radius 1 is 1.21 bits per heavy atom. The molecule has 1 unspecified atom stereocenters. The van der Waals surface area contributed by atoms with Gasteiger partial charge in [-0.3, -0.25) is 0 Å².